The highest BCUT2D eigenvalue weighted by molar-refractivity contribution is 5.92. The van der Waals surface area contributed by atoms with Gasteiger partial charge >= 0.3 is 0 Å². The van der Waals surface area contributed by atoms with Crippen molar-refractivity contribution in [2.45, 2.75) is 33.0 Å². The molecule has 0 aliphatic carbocycles. The number of aromatic nitrogens is 2. The fourth-order valence-corrected chi connectivity index (χ4v) is 3.33. The van der Waals surface area contributed by atoms with Gasteiger partial charge in [-0.3, -0.25) is 9.48 Å². The third kappa shape index (κ3) is 3.48. The van der Waals surface area contributed by atoms with Crippen LogP contribution in [-0.4, -0.2) is 53.2 Å². The summed E-state index contributed by atoms with van der Waals surface area (Å²) in [6, 6.07) is 0. The predicted molar refractivity (Wildman–Crippen MR) is 86.7 cm³/mol. The Hall–Kier alpha value is -1.66. The Morgan fingerprint density at radius 2 is 1.87 bits per heavy atom. The van der Waals surface area contributed by atoms with E-state index in [1.165, 1.54) is 0 Å². The van der Waals surface area contributed by atoms with Crippen LogP contribution in [0.5, 0.6) is 0 Å². The van der Waals surface area contributed by atoms with Gasteiger partial charge in [-0.25, -0.2) is 0 Å². The molecule has 3 heterocycles. The molecule has 126 valence electrons. The van der Waals surface area contributed by atoms with Crippen LogP contribution >= 0.6 is 0 Å². The van der Waals surface area contributed by atoms with Crippen molar-refractivity contribution < 1.29 is 14.3 Å². The van der Waals surface area contributed by atoms with E-state index in [9.17, 15) is 4.79 Å². The lowest BCUT2D eigenvalue weighted by atomic mass is 9.96. The predicted octanol–water partition coefficient (Wildman–Crippen LogP) is 1.66. The van der Waals surface area contributed by atoms with Crippen molar-refractivity contribution in [2.75, 3.05) is 26.3 Å². The van der Waals surface area contributed by atoms with Crippen LogP contribution in [0.25, 0.3) is 6.08 Å². The summed E-state index contributed by atoms with van der Waals surface area (Å²) in [5.41, 5.74) is 3.05. The first-order chi connectivity index (χ1) is 11.1. The SMILES string of the molecule is Cc1nn(C)c(C)c1/C=C/C(=O)N1CCC(C2OCCO2)CC1. The molecule has 1 aromatic rings. The van der Waals surface area contributed by atoms with E-state index >= 15 is 0 Å². The molecule has 1 aromatic heterocycles. The van der Waals surface area contributed by atoms with Gasteiger partial charge < -0.3 is 14.4 Å². The van der Waals surface area contributed by atoms with E-state index in [0.717, 1.165) is 42.9 Å². The zero-order valence-electron chi connectivity index (χ0n) is 14.1. The maximum absolute atomic E-state index is 12.4. The van der Waals surface area contributed by atoms with Gasteiger partial charge in [-0.2, -0.15) is 5.10 Å². The summed E-state index contributed by atoms with van der Waals surface area (Å²) in [5, 5.41) is 4.37. The van der Waals surface area contributed by atoms with Gasteiger partial charge in [-0.1, -0.05) is 0 Å². The molecule has 0 unspecified atom stereocenters. The summed E-state index contributed by atoms with van der Waals surface area (Å²) in [7, 11) is 1.92. The molecular weight excluding hydrogens is 294 g/mol. The Labute approximate surface area is 137 Å². The quantitative estimate of drug-likeness (QED) is 0.795. The van der Waals surface area contributed by atoms with Crippen LogP contribution in [0.15, 0.2) is 6.08 Å². The van der Waals surface area contributed by atoms with Crippen LogP contribution in [0.2, 0.25) is 0 Å². The maximum Gasteiger partial charge on any atom is 0.246 e. The van der Waals surface area contributed by atoms with E-state index in [1.54, 1.807) is 6.08 Å². The Balaban J connectivity index is 1.56. The van der Waals surface area contributed by atoms with Crippen LogP contribution in [-0.2, 0) is 21.3 Å². The number of hydrogen-bond donors (Lipinski definition) is 0. The van der Waals surface area contributed by atoms with E-state index in [2.05, 4.69) is 5.10 Å². The molecule has 0 bridgehead atoms. The standard InChI is InChI=1S/C17H25N3O3/c1-12-15(13(2)19(3)18-12)4-5-16(21)20-8-6-14(7-9-20)17-22-10-11-23-17/h4-5,14,17H,6-11H2,1-3H3/b5-4+. The zero-order valence-corrected chi connectivity index (χ0v) is 14.1. The summed E-state index contributed by atoms with van der Waals surface area (Å²) in [6.45, 7) is 6.89. The average molecular weight is 319 g/mol. The van der Waals surface area contributed by atoms with Crippen molar-refractivity contribution in [3.63, 3.8) is 0 Å². The molecule has 3 rings (SSSR count). The third-order valence-electron chi connectivity index (χ3n) is 4.84. The average Bonchev–Trinajstić information content (AvgIpc) is 3.16. The van der Waals surface area contributed by atoms with Crippen LogP contribution in [0.4, 0.5) is 0 Å². The maximum atomic E-state index is 12.4. The summed E-state index contributed by atoms with van der Waals surface area (Å²) in [5.74, 6) is 0.479. The largest absolute Gasteiger partial charge is 0.350 e. The molecule has 0 radical (unpaired) electrons. The second kappa shape index (κ2) is 6.84. The molecule has 0 N–H and O–H groups in total. The summed E-state index contributed by atoms with van der Waals surface area (Å²) >= 11 is 0. The smallest absolute Gasteiger partial charge is 0.246 e. The van der Waals surface area contributed by atoms with Gasteiger partial charge in [0.05, 0.1) is 18.9 Å². The fraction of sp³-hybridized carbons (Fsp3) is 0.647. The Kier molecular flexibility index (Phi) is 4.82. The molecule has 2 aliphatic heterocycles. The monoisotopic (exact) mass is 319 g/mol. The first-order valence-corrected chi connectivity index (χ1v) is 8.26. The normalized spacial score (nSPS) is 20.7. The van der Waals surface area contributed by atoms with Gasteiger partial charge in [-0.15, -0.1) is 0 Å². The fourth-order valence-electron chi connectivity index (χ4n) is 3.33. The van der Waals surface area contributed by atoms with Gasteiger partial charge in [-0.05, 0) is 32.8 Å². The number of piperidine rings is 1. The number of carbonyl (C=O) groups is 1. The lowest BCUT2D eigenvalue weighted by Crippen LogP contribution is -2.40. The number of hydrogen-bond acceptors (Lipinski definition) is 4. The summed E-state index contributed by atoms with van der Waals surface area (Å²) in [4.78, 5) is 14.3. The number of aryl methyl sites for hydroxylation is 2. The molecule has 2 aliphatic rings. The Morgan fingerprint density at radius 1 is 1.22 bits per heavy atom. The van der Waals surface area contributed by atoms with E-state index in [1.807, 2.05) is 36.6 Å². The minimum Gasteiger partial charge on any atom is -0.350 e. The molecule has 6 heteroatoms. The van der Waals surface area contributed by atoms with Gasteiger partial charge in [0.15, 0.2) is 6.29 Å². The van der Waals surface area contributed by atoms with Crippen molar-refractivity contribution in [3.8, 4) is 0 Å². The highest BCUT2D eigenvalue weighted by atomic mass is 16.7. The van der Waals surface area contributed by atoms with E-state index in [0.29, 0.717) is 19.1 Å². The first kappa shape index (κ1) is 16.2. The topological polar surface area (TPSA) is 56.6 Å². The summed E-state index contributed by atoms with van der Waals surface area (Å²) in [6.07, 6.45) is 5.36. The van der Waals surface area contributed by atoms with Crippen LogP contribution in [0, 0.1) is 19.8 Å². The second-order valence-corrected chi connectivity index (χ2v) is 6.31. The van der Waals surface area contributed by atoms with Crippen molar-refractivity contribution >= 4 is 12.0 Å². The van der Waals surface area contributed by atoms with Crippen molar-refractivity contribution in [3.05, 3.63) is 23.0 Å². The van der Waals surface area contributed by atoms with Gasteiger partial charge in [0.25, 0.3) is 0 Å². The van der Waals surface area contributed by atoms with Crippen LogP contribution in [0.1, 0.15) is 29.8 Å². The number of likely N-dealkylation sites (tertiary alicyclic amines) is 1. The molecular formula is C17H25N3O3. The molecule has 0 spiro atoms. The lowest BCUT2D eigenvalue weighted by Gasteiger charge is -2.33. The lowest BCUT2D eigenvalue weighted by molar-refractivity contribution is -0.131. The molecule has 1 amide bonds. The molecule has 2 saturated heterocycles. The van der Waals surface area contributed by atoms with Crippen LogP contribution in [0.3, 0.4) is 0 Å². The van der Waals surface area contributed by atoms with Crippen molar-refractivity contribution in [1.29, 1.82) is 0 Å². The number of rotatable bonds is 3. The minimum atomic E-state index is -0.0662. The van der Waals surface area contributed by atoms with Crippen molar-refractivity contribution in [2.24, 2.45) is 13.0 Å². The van der Waals surface area contributed by atoms with Gasteiger partial charge in [0.1, 0.15) is 0 Å². The number of amides is 1. The summed E-state index contributed by atoms with van der Waals surface area (Å²) < 4.78 is 13.0. The second-order valence-electron chi connectivity index (χ2n) is 6.31. The molecule has 23 heavy (non-hydrogen) atoms. The number of ether oxygens (including phenoxy) is 2. The third-order valence-corrected chi connectivity index (χ3v) is 4.84. The minimum absolute atomic E-state index is 0.0662. The van der Waals surface area contributed by atoms with E-state index in [-0.39, 0.29) is 12.2 Å². The highest BCUT2D eigenvalue weighted by Gasteiger charge is 2.31. The molecule has 2 fully saturated rings. The van der Waals surface area contributed by atoms with Gasteiger partial charge in [0, 0.05) is 43.4 Å². The number of carbonyl (C=O) groups excluding carboxylic acids is 1. The Morgan fingerprint density at radius 3 is 2.43 bits per heavy atom. The molecule has 0 saturated carbocycles. The molecule has 0 atom stereocenters. The van der Waals surface area contributed by atoms with Gasteiger partial charge in [0.2, 0.25) is 5.91 Å². The molecule has 6 nitrogen and oxygen atoms in total. The highest BCUT2D eigenvalue weighted by Crippen LogP contribution is 2.26. The first-order valence-electron chi connectivity index (χ1n) is 8.26. The molecule has 0 aromatic carbocycles. The van der Waals surface area contributed by atoms with E-state index < -0.39 is 0 Å². The van der Waals surface area contributed by atoms with Crippen molar-refractivity contribution in [1.82, 2.24) is 14.7 Å². The Bertz CT molecular complexity index is 594. The van der Waals surface area contributed by atoms with Crippen LogP contribution < -0.4 is 0 Å². The zero-order chi connectivity index (χ0) is 16.4. The van der Waals surface area contributed by atoms with E-state index in [4.69, 9.17) is 9.47 Å². The number of nitrogens with zero attached hydrogens (tertiary/aromatic N) is 3.